The van der Waals surface area contributed by atoms with Crippen molar-refractivity contribution in [2.24, 2.45) is 0 Å². The van der Waals surface area contributed by atoms with Crippen molar-refractivity contribution in [3.8, 4) is 0 Å². The van der Waals surface area contributed by atoms with Gasteiger partial charge in [-0.15, -0.1) is 0 Å². The van der Waals surface area contributed by atoms with E-state index >= 15 is 0 Å². The zero-order valence-electron chi connectivity index (χ0n) is 13.9. The summed E-state index contributed by atoms with van der Waals surface area (Å²) in [5.74, 6) is -0.595. The lowest BCUT2D eigenvalue weighted by Gasteiger charge is -2.35. The molecule has 1 aromatic rings. The fraction of sp³-hybridized carbons (Fsp3) is 0.471. The third-order valence-corrected chi connectivity index (χ3v) is 4.40. The van der Waals surface area contributed by atoms with Crippen LogP contribution in [-0.4, -0.2) is 54.8 Å². The van der Waals surface area contributed by atoms with E-state index < -0.39 is 24.4 Å². The highest BCUT2D eigenvalue weighted by atomic mass is 16.5. The highest BCUT2D eigenvalue weighted by Gasteiger charge is 2.47. The van der Waals surface area contributed by atoms with E-state index in [-0.39, 0.29) is 25.0 Å². The Morgan fingerprint density at radius 3 is 2.76 bits per heavy atom. The molecular formula is C17H21N3O5. The number of ether oxygens (including phenoxy) is 2. The molecule has 0 spiro atoms. The van der Waals surface area contributed by atoms with Crippen LogP contribution in [0.1, 0.15) is 18.4 Å². The molecule has 0 saturated carbocycles. The van der Waals surface area contributed by atoms with E-state index in [1.807, 2.05) is 30.3 Å². The van der Waals surface area contributed by atoms with Crippen molar-refractivity contribution < 1.29 is 23.9 Å². The van der Waals surface area contributed by atoms with Gasteiger partial charge in [-0.05, 0) is 18.4 Å². The molecule has 134 valence electrons. The van der Waals surface area contributed by atoms with Crippen LogP contribution in [-0.2, 0) is 25.7 Å². The smallest absolute Gasteiger partial charge is 0.408 e. The summed E-state index contributed by atoms with van der Waals surface area (Å²) in [5.41, 5.74) is 0.861. The number of nitrogens with zero attached hydrogens (tertiary/aromatic N) is 1. The molecular weight excluding hydrogens is 326 g/mol. The third-order valence-electron chi connectivity index (χ3n) is 4.40. The van der Waals surface area contributed by atoms with E-state index in [2.05, 4.69) is 10.6 Å². The van der Waals surface area contributed by atoms with Crippen molar-refractivity contribution in [2.45, 2.75) is 37.8 Å². The Bertz CT molecular complexity index is 651. The third kappa shape index (κ3) is 3.74. The molecule has 2 heterocycles. The number of hydrogen-bond acceptors (Lipinski definition) is 5. The number of carbonyl (C=O) groups is 3. The minimum absolute atomic E-state index is 0.129. The Balaban J connectivity index is 1.57. The summed E-state index contributed by atoms with van der Waals surface area (Å²) in [5, 5.41) is 5.12. The molecule has 0 bridgehead atoms. The highest BCUT2D eigenvalue weighted by Crippen LogP contribution is 2.27. The van der Waals surface area contributed by atoms with Gasteiger partial charge in [-0.2, -0.15) is 0 Å². The molecule has 0 aromatic heterocycles. The first-order chi connectivity index (χ1) is 12.1. The van der Waals surface area contributed by atoms with E-state index in [1.165, 1.54) is 11.9 Å². The largest absolute Gasteiger partial charge is 0.445 e. The van der Waals surface area contributed by atoms with Crippen LogP contribution in [0.5, 0.6) is 0 Å². The molecule has 2 fully saturated rings. The Labute approximate surface area is 145 Å². The Kier molecular flexibility index (Phi) is 5.18. The van der Waals surface area contributed by atoms with Crippen LogP contribution in [0.15, 0.2) is 30.3 Å². The summed E-state index contributed by atoms with van der Waals surface area (Å²) in [7, 11) is 1.51. The van der Waals surface area contributed by atoms with Crippen LogP contribution in [0.3, 0.4) is 0 Å². The van der Waals surface area contributed by atoms with Crippen LogP contribution in [0, 0.1) is 0 Å². The summed E-state index contributed by atoms with van der Waals surface area (Å²) in [6.07, 6.45) is -0.0607. The van der Waals surface area contributed by atoms with Crippen LogP contribution >= 0.6 is 0 Å². The van der Waals surface area contributed by atoms with Gasteiger partial charge in [0.2, 0.25) is 11.8 Å². The van der Waals surface area contributed by atoms with Crippen molar-refractivity contribution in [1.82, 2.24) is 15.5 Å². The lowest BCUT2D eigenvalue weighted by molar-refractivity contribution is -0.148. The molecule has 0 unspecified atom stereocenters. The molecule has 2 saturated heterocycles. The van der Waals surface area contributed by atoms with Crippen molar-refractivity contribution in [3.63, 3.8) is 0 Å². The molecule has 3 rings (SSSR count). The molecule has 8 heteroatoms. The number of fused-ring (bicyclic) bond motifs is 1. The van der Waals surface area contributed by atoms with Crippen molar-refractivity contribution in [3.05, 3.63) is 35.9 Å². The maximum atomic E-state index is 12.6. The Morgan fingerprint density at radius 1 is 1.28 bits per heavy atom. The van der Waals surface area contributed by atoms with Gasteiger partial charge < -0.3 is 25.0 Å². The second kappa shape index (κ2) is 7.52. The number of rotatable bonds is 4. The predicted molar refractivity (Wildman–Crippen MR) is 87.2 cm³/mol. The molecule has 2 aliphatic heterocycles. The molecule has 2 N–H and O–H groups in total. The SMILES string of the molecule is CNC(=O)[C@@H]1CO[C@H]2CC[C@H](NC(=O)OCc3ccccc3)C(=O)N21. The Hall–Kier alpha value is -2.61. The summed E-state index contributed by atoms with van der Waals surface area (Å²) < 4.78 is 10.7. The lowest BCUT2D eigenvalue weighted by atomic mass is 10.0. The number of hydrogen-bond donors (Lipinski definition) is 2. The average molecular weight is 347 g/mol. The summed E-state index contributed by atoms with van der Waals surface area (Å²) in [6, 6.07) is 7.90. The van der Waals surface area contributed by atoms with Crippen LogP contribution < -0.4 is 10.6 Å². The van der Waals surface area contributed by atoms with Crippen LogP contribution in [0.2, 0.25) is 0 Å². The quantitative estimate of drug-likeness (QED) is 0.820. The minimum atomic E-state index is -0.714. The van der Waals surface area contributed by atoms with Gasteiger partial charge in [0, 0.05) is 7.05 Å². The van der Waals surface area contributed by atoms with Crippen molar-refractivity contribution in [1.29, 1.82) is 0 Å². The first-order valence-corrected chi connectivity index (χ1v) is 8.22. The zero-order valence-corrected chi connectivity index (χ0v) is 13.9. The summed E-state index contributed by atoms with van der Waals surface area (Å²) in [6.45, 7) is 0.297. The molecule has 3 atom stereocenters. The van der Waals surface area contributed by atoms with Gasteiger partial charge in [-0.25, -0.2) is 4.79 Å². The molecule has 25 heavy (non-hydrogen) atoms. The van der Waals surface area contributed by atoms with Gasteiger partial charge in [-0.1, -0.05) is 30.3 Å². The summed E-state index contributed by atoms with van der Waals surface area (Å²) in [4.78, 5) is 37.9. The maximum absolute atomic E-state index is 12.6. The number of alkyl carbamates (subject to hydrolysis) is 1. The van der Waals surface area contributed by atoms with Crippen LogP contribution in [0.25, 0.3) is 0 Å². The minimum Gasteiger partial charge on any atom is -0.445 e. The number of likely N-dealkylation sites (N-methyl/N-ethyl adjacent to an activating group) is 1. The number of carbonyl (C=O) groups excluding carboxylic acids is 3. The van der Waals surface area contributed by atoms with Crippen molar-refractivity contribution in [2.75, 3.05) is 13.7 Å². The number of amides is 3. The number of benzene rings is 1. The predicted octanol–water partition coefficient (Wildman–Crippen LogP) is 0.375. The average Bonchev–Trinajstić information content (AvgIpc) is 3.07. The maximum Gasteiger partial charge on any atom is 0.408 e. The fourth-order valence-electron chi connectivity index (χ4n) is 3.10. The van der Waals surface area contributed by atoms with E-state index in [0.717, 1.165) is 5.56 Å². The molecule has 1 aromatic carbocycles. The molecule has 2 aliphatic rings. The molecule has 0 radical (unpaired) electrons. The highest BCUT2D eigenvalue weighted by molar-refractivity contribution is 5.92. The zero-order chi connectivity index (χ0) is 17.8. The summed E-state index contributed by atoms with van der Waals surface area (Å²) >= 11 is 0. The molecule has 8 nitrogen and oxygen atoms in total. The topological polar surface area (TPSA) is 97.0 Å². The van der Waals surface area contributed by atoms with E-state index in [9.17, 15) is 14.4 Å². The first kappa shape index (κ1) is 17.2. The Morgan fingerprint density at radius 2 is 2.04 bits per heavy atom. The van der Waals surface area contributed by atoms with E-state index in [4.69, 9.17) is 9.47 Å². The van der Waals surface area contributed by atoms with Crippen LogP contribution in [0.4, 0.5) is 4.79 Å². The number of piperidine rings is 1. The van der Waals surface area contributed by atoms with Gasteiger partial charge in [0.15, 0.2) is 0 Å². The van der Waals surface area contributed by atoms with Gasteiger partial charge in [0.05, 0.1) is 6.61 Å². The monoisotopic (exact) mass is 347 g/mol. The van der Waals surface area contributed by atoms with Gasteiger partial charge in [0.1, 0.15) is 24.9 Å². The van der Waals surface area contributed by atoms with Crippen molar-refractivity contribution >= 4 is 17.9 Å². The fourth-order valence-corrected chi connectivity index (χ4v) is 3.10. The first-order valence-electron chi connectivity index (χ1n) is 8.22. The second-order valence-electron chi connectivity index (χ2n) is 6.00. The van der Waals surface area contributed by atoms with Gasteiger partial charge in [-0.3, -0.25) is 9.59 Å². The van der Waals surface area contributed by atoms with Gasteiger partial charge in [0.25, 0.3) is 0 Å². The second-order valence-corrected chi connectivity index (χ2v) is 6.00. The van der Waals surface area contributed by atoms with E-state index in [1.54, 1.807) is 0 Å². The standard InChI is InChI=1S/C17H21N3O5/c1-18-15(21)13-10-24-14-8-7-12(16(22)20(13)14)19-17(23)25-9-11-5-3-2-4-6-11/h2-6,12-14H,7-10H2,1H3,(H,18,21)(H,19,23)/t12-,13-,14-/m0/s1. The van der Waals surface area contributed by atoms with Gasteiger partial charge >= 0.3 is 6.09 Å². The number of nitrogens with one attached hydrogen (secondary N) is 2. The normalized spacial score (nSPS) is 25.2. The molecule has 3 amide bonds. The van der Waals surface area contributed by atoms with E-state index in [0.29, 0.717) is 12.8 Å². The molecule has 0 aliphatic carbocycles. The lowest BCUT2D eigenvalue weighted by Crippen LogP contribution is -2.59.